The summed E-state index contributed by atoms with van der Waals surface area (Å²) in [6, 6.07) is 8.35. The van der Waals surface area contributed by atoms with Gasteiger partial charge >= 0.3 is 0 Å². The Hall–Kier alpha value is -0.990. The highest BCUT2D eigenvalue weighted by atomic mass is 35.5. The third-order valence-electron chi connectivity index (χ3n) is 3.91. The van der Waals surface area contributed by atoms with Crippen molar-refractivity contribution in [3.63, 3.8) is 0 Å². The average Bonchev–Trinajstić information content (AvgIpc) is 2.87. The first-order chi connectivity index (χ1) is 10.7. The number of nitriles is 1. The number of hydrogen-bond donors (Lipinski definition) is 1. The maximum atomic E-state index is 9.22. The molecule has 0 amide bonds. The molecule has 0 fully saturated rings. The van der Waals surface area contributed by atoms with Crippen LogP contribution in [-0.2, 0) is 12.8 Å². The number of rotatable bonds is 3. The third-order valence-corrected chi connectivity index (χ3v) is 6.88. The topological polar surface area (TPSA) is 35.8 Å². The smallest absolute Gasteiger partial charge is 0.100 e. The molecule has 0 aliphatic carbocycles. The Balaban J connectivity index is 1.94. The number of hydrogen-bond acceptors (Lipinski definition) is 4. The lowest BCUT2D eigenvalue weighted by Gasteiger charge is -2.17. The van der Waals surface area contributed by atoms with E-state index < -0.39 is 0 Å². The van der Waals surface area contributed by atoms with Crippen molar-refractivity contribution < 1.29 is 0 Å². The standard InChI is InChI=1S/C17H17ClN2S2/c1-11(16-13(10-19)6-9-21-16)22-17-14-5-8-20-7-4-12(14)2-3-15(17)18/h2-3,6,9,11,20H,4-5,7-8H2,1H3. The van der Waals surface area contributed by atoms with Gasteiger partial charge in [-0.15, -0.1) is 23.1 Å². The van der Waals surface area contributed by atoms with Crippen LogP contribution in [0.25, 0.3) is 0 Å². The fourth-order valence-electron chi connectivity index (χ4n) is 2.80. The maximum Gasteiger partial charge on any atom is 0.100 e. The van der Waals surface area contributed by atoms with Gasteiger partial charge in [-0.1, -0.05) is 17.7 Å². The molecule has 1 atom stereocenters. The second kappa shape index (κ2) is 7.06. The zero-order valence-corrected chi connectivity index (χ0v) is 14.7. The van der Waals surface area contributed by atoms with E-state index in [0.29, 0.717) is 0 Å². The molecule has 2 heterocycles. The van der Waals surface area contributed by atoms with E-state index >= 15 is 0 Å². The van der Waals surface area contributed by atoms with Gasteiger partial charge in [-0.25, -0.2) is 0 Å². The highest BCUT2D eigenvalue weighted by molar-refractivity contribution is 7.99. The molecule has 114 valence electrons. The summed E-state index contributed by atoms with van der Waals surface area (Å²) in [5.74, 6) is 0. The third kappa shape index (κ3) is 3.18. The van der Waals surface area contributed by atoms with Gasteiger partial charge in [0.1, 0.15) is 6.07 Å². The van der Waals surface area contributed by atoms with Crippen molar-refractivity contribution in [2.75, 3.05) is 13.1 Å². The molecule has 2 nitrogen and oxygen atoms in total. The Labute approximate surface area is 144 Å². The molecule has 22 heavy (non-hydrogen) atoms. The van der Waals surface area contributed by atoms with Crippen LogP contribution in [0.3, 0.4) is 0 Å². The Morgan fingerprint density at radius 2 is 2.14 bits per heavy atom. The minimum atomic E-state index is 0.231. The van der Waals surface area contributed by atoms with E-state index in [-0.39, 0.29) is 5.25 Å². The molecule has 2 aromatic rings. The average molecular weight is 349 g/mol. The zero-order chi connectivity index (χ0) is 15.5. The van der Waals surface area contributed by atoms with E-state index in [1.54, 1.807) is 23.1 Å². The summed E-state index contributed by atoms with van der Waals surface area (Å²) in [4.78, 5) is 2.32. The second-order valence-electron chi connectivity index (χ2n) is 5.33. The molecule has 1 aliphatic heterocycles. The number of benzene rings is 1. The SMILES string of the molecule is CC(Sc1c(Cl)ccc2c1CCNCC2)c1sccc1C#N. The lowest BCUT2D eigenvalue weighted by atomic mass is 10.0. The number of nitrogens with one attached hydrogen (secondary N) is 1. The fourth-order valence-corrected chi connectivity index (χ4v) is 5.34. The molecule has 1 aromatic carbocycles. The number of thioether (sulfide) groups is 1. The van der Waals surface area contributed by atoms with Gasteiger partial charge in [0.05, 0.1) is 10.6 Å². The van der Waals surface area contributed by atoms with Gasteiger partial charge in [-0.2, -0.15) is 5.26 Å². The summed E-state index contributed by atoms with van der Waals surface area (Å²) in [6.07, 6.45) is 2.07. The summed E-state index contributed by atoms with van der Waals surface area (Å²) >= 11 is 9.92. The van der Waals surface area contributed by atoms with Gasteiger partial charge in [-0.3, -0.25) is 0 Å². The molecular weight excluding hydrogens is 332 g/mol. The summed E-state index contributed by atoms with van der Waals surface area (Å²) in [5, 5.41) is 15.7. The van der Waals surface area contributed by atoms with E-state index in [4.69, 9.17) is 11.6 Å². The molecule has 0 radical (unpaired) electrons. The summed E-state index contributed by atoms with van der Waals surface area (Å²) in [5.41, 5.74) is 3.56. The van der Waals surface area contributed by atoms with Gasteiger partial charge in [0.2, 0.25) is 0 Å². The monoisotopic (exact) mass is 348 g/mol. The van der Waals surface area contributed by atoms with E-state index in [1.165, 1.54) is 16.0 Å². The van der Waals surface area contributed by atoms with Gasteiger partial charge < -0.3 is 5.32 Å². The maximum absolute atomic E-state index is 9.22. The molecule has 3 rings (SSSR count). The predicted octanol–water partition coefficient (Wildman–Crippen LogP) is 4.81. The van der Waals surface area contributed by atoms with Crippen LogP contribution >= 0.6 is 34.7 Å². The van der Waals surface area contributed by atoms with Crippen LogP contribution in [-0.4, -0.2) is 13.1 Å². The second-order valence-corrected chi connectivity index (χ2v) is 8.04. The Morgan fingerprint density at radius 3 is 2.95 bits per heavy atom. The number of nitrogens with zero attached hydrogens (tertiary/aromatic N) is 1. The Morgan fingerprint density at radius 1 is 1.32 bits per heavy atom. The van der Waals surface area contributed by atoms with E-state index in [2.05, 4.69) is 24.4 Å². The minimum Gasteiger partial charge on any atom is -0.316 e. The summed E-state index contributed by atoms with van der Waals surface area (Å²) in [6.45, 7) is 4.18. The first-order valence-electron chi connectivity index (χ1n) is 7.36. The molecule has 0 bridgehead atoms. The summed E-state index contributed by atoms with van der Waals surface area (Å²) < 4.78 is 0. The van der Waals surface area contributed by atoms with Crippen LogP contribution in [0.1, 0.15) is 33.7 Å². The molecular formula is C17H17ClN2S2. The van der Waals surface area contributed by atoms with Crippen molar-refractivity contribution in [2.24, 2.45) is 0 Å². The number of fused-ring (bicyclic) bond motifs is 1. The molecule has 1 aromatic heterocycles. The van der Waals surface area contributed by atoms with E-state index in [0.717, 1.165) is 41.4 Å². The van der Waals surface area contributed by atoms with Crippen LogP contribution in [0, 0.1) is 11.3 Å². The lowest BCUT2D eigenvalue weighted by molar-refractivity contribution is 0.709. The largest absolute Gasteiger partial charge is 0.316 e. The minimum absolute atomic E-state index is 0.231. The molecule has 1 aliphatic rings. The molecule has 5 heteroatoms. The van der Waals surface area contributed by atoms with Gasteiger partial charge in [0.15, 0.2) is 0 Å². The molecule has 0 saturated carbocycles. The number of halogens is 1. The van der Waals surface area contributed by atoms with E-state index in [9.17, 15) is 5.26 Å². The predicted molar refractivity (Wildman–Crippen MR) is 95.0 cm³/mol. The molecule has 1 N–H and O–H groups in total. The zero-order valence-electron chi connectivity index (χ0n) is 12.4. The first kappa shape index (κ1) is 15.9. The van der Waals surface area contributed by atoms with Crippen molar-refractivity contribution in [1.29, 1.82) is 5.26 Å². The van der Waals surface area contributed by atoms with Gasteiger partial charge in [0.25, 0.3) is 0 Å². The number of thiophene rings is 1. The van der Waals surface area contributed by atoms with Crippen molar-refractivity contribution in [3.05, 3.63) is 50.2 Å². The van der Waals surface area contributed by atoms with Crippen molar-refractivity contribution in [3.8, 4) is 6.07 Å². The van der Waals surface area contributed by atoms with Crippen molar-refractivity contribution >= 4 is 34.7 Å². The van der Waals surface area contributed by atoms with Crippen molar-refractivity contribution in [1.82, 2.24) is 5.32 Å². The fraction of sp³-hybridized carbons (Fsp3) is 0.353. The first-order valence-corrected chi connectivity index (χ1v) is 9.49. The van der Waals surface area contributed by atoms with Crippen LogP contribution in [0.15, 0.2) is 28.5 Å². The Bertz CT molecular complexity index is 718. The van der Waals surface area contributed by atoms with Gasteiger partial charge in [0, 0.05) is 15.0 Å². The van der Waals surface area contributed by atoms with E-state index in [1.807, 2.05) is 17.5 Å². The van der Waals surface area contributed by atoms with Crippen LogP contribution in [0.5, 0.6) is 0 Å². The van der Waals surface area contributed by atoms with Crippen molar-refractivity contribution in [2.45, 2.75) is 29.9 Å². The lowest BCUT2D eigenvalue weighted by Crippen LogP contribution is -2.16. The molecule has 0 saturated heterocycles. The molecule has 0 spiro atoms. The van der Waals surface area contributed by atoms with Crippen LogP contribution in [0.2, 0.25) is 5.02 Å². The quantitative estimate of drug-likeness (QED) is 0.808. The molecule has 1 unspecified atom stereocenters. The van der Waals surface area contributed by atoms with Gasteiger partial charge in [-0.05, 0) is 61.5 Å². The van der Waals surface area contributed by atoms with Crippen LogP contribution in [0.4, 0.5) is 0 Å². The highest BCUT2D eigenvalue weighted by Gasteiger charge is 2.20. The van der Waals surface area contributed by atoms with Crippen LogP contribution < -0.4 is 5.32 Å². The summed E-state index contributed by atoms with van der Waals surface area (Å²) in [7, 11) is 0. The highest BCUT2D eigenvalue weighted by Crippen LogP contribution is 2.44. The normalized spacial score (nSPS) is 15.7. The Kier molecular flexibility index (Phi) is 5.10.